The van der Waals surface area contributed by atoms with E-state index >= 15 is 0 Å². The highest BCUT2D eigenvalue weighted by Gasteiger charge is 2.32. The second kappa shape index (κ2) is 6.13. The number of nitrogens with two attached hydrogens (primary N) is 1. The zero-order valence-electron chi connectivity index (χ0n) is 11.4. The molecule has 2 unspecified atom stereocenters. The smallest absolute Gasteiger partial charge is 0.416 e. The second-order valence-corrected chi connectivity index (χ2v) is 4.74. The molecule has 0 aliphatic rings. The van der Waals surface area contributed by atoms with Gasteiger partial charge < -0.3 is 16.2 Å². The Morgan fingerprint density at radius 1 is 1.24 bits per heavy atom. The van der Waals surface area contributed by atoms with Crippen LogP contribution >= 0.6 is 0 Å². The van der Waals surface area contributed by atoms with E-state index in [9.17, 15) is 22.8 Å². The SMILES string of the molecule is CC(N)C(C)C(=O)Nc1cc(C(=O)O)cc(C(F)(F)F)c1. The Hall–Kier alpha value is -2.09. The Morgan fingerprint density at radius 3 is 2.24 bits per heavy atom. The molecule has 2 atom stereocenters. The lowest BCUT2D eigenvalue weighted by Crippen LogP contribution is -2.34. The number of carboxylic acid groups (broad SMARTS) is 1. The van der Waals surface area contributed by atoms with Gasteiger partial charge in [-0.2, -0.15) is 13.2 Å². The van der Waals surface area contributed by atoms with E-state index < -0.39 is 41.1 Å². The molecule has 0 spiro atoms. The molecular weight excluding hydrogens is 289 g/mol. The third kappa shape index (κ3) is 4.45. The standard InChI is InChI=1S/C13H15F3N2O3/c1-6(7(2)17)11(19)18-10-4-8(12(20)21)3-9(5-10)13(14,15)16/h3-7H,17H2,1-2H3,(H,18,19)(H,20,21). The van der Waals surface area contributed by atoms with Crippen LogP contribution in [0, 0.1) is 5.92 Å². The highest BCUT2D eigenvalue weighted by Crippen LogP contribution is 2.32. The average Bonchev–Trinajstić information content (AvgIpc) is 2.36. The van der Waals surface area contributed by atoms with Crippen LogP contribution in [0.3, 0.4) is 0 Å². The number of nitrogens with one attached hydrogen (secondary N) is 1. The molecule has 21 heavy (non-hydrogen) atoms. The molecule has 0 radical (unpaired) electrons. The normalized spacial score (nSPS) is 14.4. The van der Waals surface area contributed by atoms with Crippen LogP contribution in [0.2, 0.25) is 0 Å². The topological polar surface area (TPSA) is 92.4 Å². The zero-order chi connectivity index (χ0) is 16.4. The Bertz CT molecular complexity index is 556. The van der Waals surface area contributed by atoms with Crippen molar-refractivity contribution in [2.24, 2.45) is 11.7 Å². The van der Waals surface area contributed by atoms with Crippen molar-refractivity contribution in [2.45, 2.75) is 26.1 Å². The number of benzene rings is 1. The van der Waals surface area contributed by atoms with Gasteiger partial charge in [0.05, 0.1) is 17.0 Å². The fourth-order valence-electron chi connectivity index (χ4n) is 1.48. The predicted molar refractivity (Wildman–Crippen MR) is 69.8 cm³/mol. The summed E-state index contributed by atoms with van der Waals surface area (Å²) in [6.45, 7) is 3.10. The first-order chi connectivity index (χ1) is 9.52. The van der Waals surface area contributed by atoms with Crippen LogP contribution in [0.25, 0.3) is 0 Å². The number of rotatable bonds is 4. The molecule has 1 aromatic rings. The fourth-order valence-corrected chi connectivity index (χ4v) is 1.48. The van der Waals surface area contributed by atoms with E-state index in [0.717, 1.165) is 6.07 Å². The molecule has 5 nitrogen and oxygen atoms in total. The monoisotopic (exact) mass is 304 g/mol. The third-order valence-electron chi connectivity index (χ3n) is 2.98. The number of aromatic carboxylic acids is 1. The van der Waals surface area contributed by atoms with E-state index in [1.165, 1.54) is 6.92 Å². The highest BCUT2D eigenvalue weighted by atomic mass is 19.4. The van der Waals surface area contributed by atoms with E-state index in [2.05, 4.69) is 5.32 Å². The van der Waals surface area contributed by atoms with Crippen LogP contribution in [0.5, 0.6) is 0 Å². The molecule has 116 valence electrons. The van der Waals surface area contributed by atoms with Gasteiger partial charge in [0.1, 0.15) is 0 Å². The van der Waals surface area contributed by atoms with E-state index in [-0.39, 0.29) is 5.69 Å². The van der Waals surface area contributed by atoms with Gasteiger partial charge in [-0.05, 0) is 25.1 Å². The molecule has 8 heteroatoms. The summed E-state index contributed by atoms with van der Waals surface area (Å²) in [4.78, 5) is 22.6. The molecule has 0 aromatic heterocycles. The van der Waals surface area contributed by atoms with Crippen LogP contribution in [0.1, 0.15) is 29.8 Å². The number of carbonyl (C=O) groups is 2. The summed E-state index contributed by atoms with van der Waals surface area (Å²) in [5.74, 6) is -2.73. The molecule has 1 rings (SSSR count). The summed E-state index contributed by atoms with van der Waals surface area (Å²) >= 11 is 0. The molecule has 4 N–H and O–H groups in total. The van der Waals surface area contributed by atoms with Crippen LogP contribution in [-0.2, 0) is 11.0 Å². The van der Waals surface area contributed by atoms with Gasteiger partial charge in [-0.15, -0.1) is 0 Å². The molecule has 0 saturated carbocycles. The van der Waals surface area contributed by atoms with Crippen molar-refractivity contribution in [3.63, 3.8) is 0 Å². The van der Waals surface area contributed by atoms with Gasteiger partial charge in [-0.25, -0.2) is 4.79 Å². The van der Waals surface area contributed by atoms with Crippen LogP contribution in [0.4, 0.5) is 18.9 Å². The van der Waals surface area contributed by atoms with E-state index in [1.54, 1.807) is 6.92 Å². The molecule has 1 aromatic carbocycles. The molecular formula is C13H15F3N2O3. The summed E-state index contributed by atoms with van der Waals surface area (Å²) in [6.07, 6.45) is -4.71. The summed E-state index contributed by atoms with van der Waals surface area (Å²) in [5, 5.41) is 11.1. The second-order valence-electron chi connectivity index (χ2n) is 4.74. The number of amides is 1. The first-order valence-electron chi connectivity index (χ1n) is 6.04. The van der Waals surface area contributed by atoms with E-state index in [0.29, 0.717) is 12.1 Å². The van der Waals surface area contributed by atoms with Crippen molar-refractivity contribution in [2.75, 3.05) is 5.32 Å². The quantitative estimate of drug-likeness (QED) is 0.796. The lowest BCUT2D eigenvalue weighted by Gasteiger charge is -2.16. The van der Waals surface area contributed by atoms with Crippen molar-refractivity contribution in [3.05, 3.63) is 29.3 Å². The van der Waals surface area contributed by atoms with E-state index in [1.807, 2.05) is 0 Å². The molecule has 0 fully saturated rings. The minimum absolute atomic E-state index is 0.236. The van der Waals surface area contributed by atoms with Gasteiger partial charge in [0.25, 0.3) is 0 Å². The first kappa shape index (κ1) is 17.0. The number of carboxylic acids is 1. The lowest BCUT2D eigenvalue weighted by atomic mass is 10.0. The van der Waals surface area contributed by atoms with E-state index in [4.69, 9.17) is 10.8 Å². The fraction of sp³-hybridized carbons (Fsp3) is 0.385. The number of alkyl halides is 3. The number of anilines is 1. The number of halogens is 3. The molecule has 0 saturated heterocycles. The Balaban J connectivity index is 3.15. The average molecular weight is 304 g/mol. The number of hydrogen-bond acceptors (Lipinski definition) is 3. The van der Waals surface area contributed by atoms with Gasteiger partial charge in [0, 0.05) is 11.7 Å². The van der Waals surface area contributed by atoms with Crippen molar-refractivity contribution in [3.8, 4) is 0 Å². The summed E-state index contributed by atoms with van der Waals surface area (Å²) in [7, 11) is 0. The Labute approximate surface area is 118 Å². The first-order valence-corrected chi connectivity index (χ1v) is 6.04. The number of hydrogen-bond donors (Lipinski definition) is 3. The molecule has 0 bridgehead atoms. The molecule has 0 heterocycles. The van der Waals surface area contributed by atoms with Gasteiger partial charge >= 0.3 is 12.1 Å². The maximum Gasteiger partial charge on any atom is 0.416 e. The third-order valence-corrected chi connectivity index (χ3v) is 2.98. The molecule has 0 aliphatic carbocycles. The van der Waals surface area contributed by atoms with Crippen molar-refractivity contribution in [1.29, 1.82) is 0 Å². The van der Waals surface area contributed by atoms with Crippen LogP contribution < -0.4 is 11.1 Å². The van der Waals surface area contributed by atoms with Crippen molar-refractivity contribution >= 4 is 17.6 Å². The summed E-state index contributed by atoms with van der Waals surface area (Å²) in [6, 6.07) is 1.66. The number of carbonyl (C=O) groups excluding carboxylic acids is 1. The molecule has 1 amide bonds. The van der Waals surface area contributed by atoms with Crippen molar-refractivity contribution < 1.29 is 27.9 Å². The van der Waals surface area contributed by atoms with Crippen molar-refractivity contribution in [1.82, 2.24) is 0 Å². The maximum atomic E-state index is 12.7. The zero-order valence-corrected chi connectivity index (χ0v) is 11.4. The van der Waals surface area contributed by atoms with Gasteiger partial charge in [-0.1, -0.05) is 6.92 Å². The predicted octanol–water partition coefficient (Wildman–Crippen LogP) is 2.33. The minimum atomic E-state index is -4.71. The van der Waals surface area contributed by atoms with Gasteiger partial charge in [0.15, 0.2) is 0 Å². The van der Waals surface area contributed by atoms with Gasteiger partial charge in [0.2, 0.25) is 5.91 Å². The molecule has 0 aliphatic heterocycles. The Morgan fingerprint density at radius 2 is 1.81 bits per heavy atom. The van der Waals surface area contributed by atoms with Crippen LogP contribution in [-0.4, -0.2) is 23.0 Å². The Kier molecular flexibility index (Phi) is 4.95. The maximum absolute atomic E-state index is 12.7. The summed E-state index contributed by atoms with van der Waals surface area (Å²) in [5.41, 5.74) is 3.59. The minimum Gasteiger partial charge on any atom is -0.478 e. The lowest BCUT2D eigenvalue weighted by molar-refractivity contribution is -0.137. The highest BCUT2D eigenvalue weighted by molar-refractivity contribution is 5.95. The summed E-state index contributed by atoms with van der Waals surface area (Å²) < 4.78 is 38.1. The largest absolute Gasteiger partial charge is 0.478 e. The van der Waals surface area contributed by atoms with Gasteiger partial charge in [-0.3, -0.25) is 4.79 Å². The van der Waals surface area contributed by atoms with Crippen LogP contribution in [0.15, 0.2) is 18.2 Å².